The van der Waals surface area contributed by atoms with Crippen molar-refractivity contribution < 1.29 is 24.7 Å². The van der Waals surface area contributed by atoms with Gasteiger partial charge in [0.25, 0.3) is 17.4 Å². The van der Waals surface area contributed by atoms with Crippen LogP contribution in [0.3, 0.4) is 0 Å². The molecule has 9 heteroatoms. The molecule has 1 aliphatic rings. The summed E-state index contributed by atoms with van der Waals surface area (Å²) in [6.45, 7) is 4.53. The number of carbonyl (C=O) groups excluding carboxylic acids is 2. The molecule has 2 aromatic rings. The molecule has 3 rings (SSSR count). The summed E-state index contributed by atoms with van der Waals surface area (Å²) in [5, 5.41) is 32.6. The van der Waals surface area contributed by atoms with E-state index in [0.717, 1.165) is 11.1 Å². The van der Waals surface area contributed by atoms with E-state index >= 15 is 0 Å². The van der Waals surface area contributed by atoms with E-state index in [0.29, 0.717) is 18.5 Å². The van der Waals surface area contributed by atoms with E-state index in [1.807, 2.05) is 19.0 Å². The predicted molar refractivity (Wildman–Crippen MR) is 123 cm³/mol. The number of Topliss-reactive ketones (excluding diaryl/α,β-unsaturated/α-hetero) is 1. The first kappa shape index (κ1) is 23.9. The fraction of sp³-hybridized carbons (Fsp3) is 0.333. The molecule has 0 unspecified atom stereocenters. The Morgan fingerprint density at radius 1 is 1.12 bits per heavy atom. The van der Waals surface area contributed by atoms with Crippen molar-refractivity contribution in [3.05, 3.63) is 74.3 Å². The molecule has 1 heterocycles. The number of aryl methyl sites for hydroxylation is 2. The van der Waals surface area contributed by atoms with Crippen molar-refractivity contribution in [2.24, 2.45) is 0 Å². The van der Waals surface area contributed by atoms with Crippen LogP contribution in [0.5, 0.6) is 5.75 Å². The van der Waals surface area contributed by atoms with Crippen molar-refractivity contribution in [2.75, 3.05) is 27.2 Å². The van der Waals surface area contributed by atoms with Crippen molar-refractivity contribution in [3.63, 3.8) is 0 Å². The highest BCUT2D eigenvalue weighted by atomic mass is 16.6. The number of nitrogens with zero attached hydrogens (tertiary/aromatic N) is 3. The minimum Gasteiger partial charge on any atom is -0.507 e. The zero-order valence-electron chi connectivity index (χ0n) is 19.0. The van der Waals surface area contributed by atoms with Crippen molar-refractivity contribution in [1.29, 1.82) is 0 Å². The lowest BCUT2D eigenvalue weighted by atomic mass is 9.93. The molecule has 9 nitrogen and oxygen atoms in total. The van der Waals surface area contributed by atoms with E-state index in [2.05, 4.69) is 0 Å². The number of phenols is 1. The summed E-state index contributed by atoms with van der Waals surface area (Å²) < 4.78 is 0. The number of nitro benzene ring substituents is 1. The number of ketones is 1. The Morgan fingerprint density at radius 2 is 1.73 bits per heavy atom. The fourth-order valence-corrected chi connectivity index (χ4v) is 3.93. The molecule has 1 amide bonds. The number of phenolic OH excluding ortho intramolecular Hbond substituents is 1. The lowest BCUT2D eigenvalue weighted by molar-refractivity contribution is -0.384. The quantitative estimate of drug-likeness (QED) is 0.217. The summed E-state index contributed by atoms with van der Waals surface area (Å²) in [6.07, 6.45) is 0.582. The van der Waals surface area contributed by atoms with Crippen LogP contribution in [0, 0.1) is 24.0 Å². The molecule has 1 fully saturated rings. The van der Waals surface area contributed by atoms with Gasteiger partial charge in [-0.25, -0.2) is 0 Å². The first-order valence-electron chi connectivity index (χ1n) is 10.5. The van der Waals surface area contributed by atoms with Gasteiger partial charge in [-0.05, 0) is 81.9 Å². The topological polar surface area (TPSA) is 124 Å². The van der Waals surface area contributed by atoms with E-state index < -0.39 is 28.4 Å². The molecule has 2 N–H and O–H groups in total. The van der Waals surface area contributed by atoms with Crippen LogP contribution in [0.1, 0.15) is 34.7 Å². The highest BCUT2D eigenvalue weighted by Gasteiger charge is 2.46. The molecular formula is C24H27N3O6. The average Bonchev–Trinajstić information content (AvgIpc) is 3.00. The fourth-order valence-electron chi connectivity index (χ4n) is 3.93. The third kappa shape index (κ3) is 4.73. The summed E-state index contributed by atoms with van der Waals surface area (Å²) in [5.74, 6) is -2.32. The first-order chi connectivity index (χ1) is 15.5. The van der Waals surface area contributed by atoms with Crippen LogP contribution in [0.25, 0.3) is 5.76 Å². The van der Waals surface area contributed by atoms with Gasteiger partial charge in [0.2, 0.25) is 0 Å². The van der Waals surface area contributed by atoms with Gasteiger partial charge in [-0.1, -0.05) is 0 Å². The second-order valence-electron chi connectivity index (χ2n) is 8.45. The van der Waals surface area contributed by atoms with Crippen LogP contribution in [0.2, 0.25) is 0 Å². The van der Waals surface area contributed by atoms with E-state index in [-0.39, 0.29) is 29.1 Å². The molecule has 0 spiro atoms. The lowest BCUT2D eigenvalue weighted by Crippen LogP contribution is -2.32. The van der Waals surface area contributed by atoms with E-state index in [9.17, 15) is 29.9 Å². The number of carbonyl (C=O) groups is 2. The third-order valence-electron chi connectivity index (χ3n) is 5.83. The zero-order valence-corrected chi connectivity index (χ0v) is 19.0. The molecule has 1 atom stereocenters. The van der Waals surface area contributed by atoms with Crippen LogP contribution >= 0.6 is 0 Å². The van der Waals surface area contributed by atoms with Crippen LogP contribution in [-0.4, -0.2) is 63.8 Å². The number of rotatable bonds is 7. The number of non-ortho nitro benzene ring substituents is 1. The van der Waals surface area contributed by atoms with Gasteiger partial charge in [-0.15, -0.1) is 0 Å². The van der Waals surface area contributed by atoms with Gasteiger partial charge >= 0.3 is 0 Å². The number of hydrogen-bond donors (Lipinski definition) is 2. The highest BCUT2D eigenvalue weighted by Crippen LogP contribution is 2.41. The first-order valence-corrected chi connectivity index (χ1v) is 10.5. The minimum absolute atomic E-state index is 0.0521. The van der Waals surface area contributed by atoms with Crippen LogP contribution < -0.4 is 0 Å². The molecule has 0 saturated carbocycles. The summed E-state index contributed by atoms with van der Waals surface area (Å²) >= 11 is 0. The number of amides is 1. The van der Waals surface area contributed by atoms with Gasteiger partial charge in [-0.2, -0.15) is 0 Å². The number of likely N-dealkylation sites (tertiary alicyclic amines) is 1. The van der Waals surface area contributed by atoms with Gasteiger partial charge in [0.1, 0.15) is 11.5 Å². The van der Waals surface area contributed by atoms with Crippen molar-refractivity contribution in [2.45, 2.75) is 26.3 Å². The number of aromatic hydroxyl groups is 1. The predicted octanol–water partition coefficient (Wildman–Crippen LogP) is 3.29. The Balaban J connectivity index is 2.16. The Hall–Kier alpha value is -3.72. The Bertz CT molecular complexity index is 1140. The summed E-state index contributed by atoms with van der Waals surface area (Å²) in [7, 11) is 3.79. The summed E-state index contributed by atoms with van der Waals surface area (Å²) in [5.41, 5.74) is 1.82. The van der Waals surface area contributed by atoms with Gasteiger partial charge in [0.05, 0.1) is 22.1 Å². The largest absolute Gasteiger partial charge is 0.507 e. The lowest BCUT2D eigenvalue weighted by Gasteiger charge is -2.26. The highest BCUT2D eigenvalue weighted by molar-refractivity contribution is 6.46. The number of aliphatic hydroxyl groups excluding tert-OH is 1. The van der Waals surface area contributed by atoms with Gasteiger partial charge in [-0.3, -0.25) is 19.7 Å². The standard InChI is InChI=1S/C24H27N3O6/c1-14-12-18(19(28)13-15(14)2)22(29)20-21(16-6-8-17(9-7-16)27(32)33)26(24(31)23(20)30)11-5-10-25(3)4/h6-9,12-13,21,28-29H,5,10-11H2,1-4H3/t21-/m0/s1. The monoisotopic (exact) mass is 453 g/mol. The van der Waals surface area contributed by atoms with Gasteiger partial charge < -0.3 is 20.0 Å². The SMILES string of the molecule is Cc1cc(O)c(C(O)=C2C(=O)C(=O)N(CCCN(C)C)[C@H]2c2ccc([N+](=O)[O-])cc2)cc1C. The molecule has 2 aromatic carbocycles. The van der Waals surface area contributed by atoms with Crippen LogP contribution in [-0.2, 0) is 9.59 Å². The second-order valence-corrected chi connectivity index (χ2v) is 8.45. The third-order valence-corrected chi connectivity index (χ3v) is 5.83. The normalized spacial score (nSPS) is 17.7. The molecular weight excluding hydrogens is 426 g/mol. The van der Waals surface area contributed by atoms with Gasteiger partial charge in [0, 0.05) is 18.7 Å². The van der Waals surface area contributed by atoms with E-state index in [1.54, 1.807) is 19.9 Å². The van der Waals surface area contributed by atoms with Crippen molar-refractivity contribution >= 4 is 23.1 Å². The zero-order chi connectivity index (χ0) is 24.4. The summed E-state index contributed by atoms with van der Waals surface area (Å²) in [4.78, 5) is 39.8. The maximum Gasteiger partial charge on any atom is 0.295 e. The molecule has 0 bridgehead atoms. The molecule has 0 radical (unpaired) electrons. The molecule has 1 aliphatic heterocycles. The van der Waals surface area contributed by atoms with E-state index in [4.69, 9.17) is 0 Å². The van der Waals surface area contributed by atoms with Crippen molar-refractivity contribution in [3.8, 4) is 5.75 Å². The van der Waals surface area contributed by atoms with Gasteiger partial charge in [0.15, 0.2) is 0 Å². The number of aliphatic hydroxyl groups is 1. The molecule has 33 heavy (non-hydrogen) atoms. The number of benzene rings is 2. The molecule has 1 saturated heterocycles. The average molecular weight is 453 g/mol. The maximum atomic E-state index is 13.0. The van der Waals surface area contributed by atoms with Crippen molar-refractivity contribution in [1.82, 2.24) is 9.80 Å². The van der Waals surface area contributed by atoms with Crippen LogP contribution in [0.15, 0.2) is 42.0 Å². The number of nitro groups is 1. The Morgan fingerprint density at radius 3 is 2.30 bits per heavy atom. The molecule has 0 aromatic heterocycles. The Kier molecular flexibility index (Phi) is 6.83. The number of hydrogen-bond acceptors (Lipinski definition) is 7. The molecule has 174 valence electrons. The summed E-state index contributed by atoms with van der Waals surface area (Å²) in [6, 6.07) is 7.65. The molecule has 0 aliphatic carbocycles. The maximum absolute atomic E-state index is 13.0. The second kappa shape index (κ2) is 9.41. The Labute approximate surface area is 191 Å². The minimum atomic E-state index is -0.936. The smallest absolute Gasteiger partial charge is 0.295 e. The van der Waals surface area contributed by atoms with Crippen LogP contribution in [0.4, 0.5) is 5.69 Å². The van der Waals surface area contributed by atoms with E-state index in [1.165, 1.54) is 35.2 Å².